The van der Waals surface area contributed by atoms with Crippen LogP contribution in [-0.2, 0) is 14.3 Å². The van der Waals surface area contributed by atoms with Crippen LogP contribution in [-0.4, -0.2) is 35.9 Å². The highest BCUT2D eigenvalue weighted by Crippen LogP contribution is 2.29. The van der Waals surface area contributed by atoms with Crippen LogP contribution in [0.5, 0.6) is 0 Å². The lowest BCUT2D eigenvalue weighted by molar-refractivity contribution is -0.383. The summed E-state index contributed by atoms with van der Waals surface area (Å²) in [6.07, 6.45) is -0.0728. The van der Waals surface area contributed by atoms with Gasteiger partial charge in [-0.3, -0.25) is 19.7 Å². The Kier molecular flexibility index (Phi) is 7.90. The van der Waals surface area contributed by atoms with E-state index in [9.17, 15) is 24.5 Å². The Bertz CT molecular complexity index is 1180. The number of primary amides is 1. The van der Waals surface area contributed by atoms with Gasteiger partial charge in [0.05, 0.1) is 10.5 Å². The second-order valence-corrected chi connectivity index (χ2v) is 7.15. The van der Waals surface area contributed by atoms with Crippen LogP contribution >= 0.6 is 0 Å². The molecule has 10 heteroatoms. The number of carbonyl (C=O) groups is 3. The zero-order valence-corrected chi connectivity index (χ0v) is 18.0. The van der Waals surface area contributed by atoms with Gasteiger partial charge in [0.1, 0.15) is 5.69 Å². The van der Waals surface area contributed by atoms with Crippen molar-refractivity contribution < 1.29 is 24.0 Å². The summed E-state index contributed by atoms with van der Waals surface area (Å²) < 4.78 is 5.10. The number of nitrogens with one attached hydrogen (secondary N) is 1. The van der Waals surface area contributed by atoms with Crippen molar-refractivity contribution in [2.24, 2.45) is 5.73 Å². The number of rotatable bonds is 10. The minimum absolute atomic E-state index is 0.0149. The van der Waals surface area contributed by atoms with Crippen LogP contribution in [0, 0.1) is 10.1 Å². The average Bonchev–Trinajstić information content (AvgIpc) is 2.84. The number of esters is 1. The Labute approximate surface area is 195 Å². The van der Waals surface area contributed by atoms with E-state index in [-0.39, 0.29) is 29.9 Å². The first-order chi connectivity index (χ1) is 16.3. The minimum Gasteiger partial charge on any atom is -0.452 e. The van der Waals surface area contributed by atoms with E-state index in [2.05, 4.69) is 5.32 Å². The summed E-state index contributed by atoms with van der Waals surface area (Å²) in [6, 6.07) is 21.2. The van der Waals surface area contributed by atoms with Gasteiger partial charge >= 0.3 is 5.97 Å². The molecule has 0 bridgehead atoms. The fourth-order valence-electron chi connectivity index (χ4n) is 3.11. The van der Waals surface area contributed by atoms with E-state index in [4.69, 9.17) is 10.5 Å². The second kappa shape index (κ2) is 11.2. The van der Waals surface area contributed by atoms with Crippen molar-refractivity contribution in [2.75, 3.05) is 23.4 Å². The number of hydrogen-bond acceptors (Lipinski definition) is 7. The molecule has 2 amide bonds. The molecule has 174 valence electrons. The van der Waals surface area contributed by atoms with E-state index in [0.29, 0.717) is 11.4 Å². The Morgan fingerprint density at radius 1 is 0.971 bits per heavy atom. The van der Waals surface area contributed by atoms with E-state index < -0.39 is 29.3 Å². The Morgan fingerprint density at radius 2 is 1.62 bits per heavy atom. The summed E-state index contributed by atoms with van der Waals surface area (Å²) in [4.78, 5) is 48.6. The molecule has 0 spiro atoms. The number of amides is 2. The van der Waals surface area contributed by atoms with Crippen LogP contribution in [0.2, 0.25) is 0 Å². The van der Waals surface area contributed by atoms with Crippen LogP contribution in [0.15, 0.2) is 78.9 Å². The lowest BCUT2D eigenvalue weighted by Crippen LogP contribution is -2.37. The van der Waals surface area contributed by atoms with Crippen LogP contribution in [0.3, 0.4) is 0 Å². The van der Waals surface area contributed by atoms with E-state index in [1.807, 2.05) is 6.07 Å². The highest BCUT2D eigenvalue weighted by molar-refractivity contribution is 5.98. The lowest BCUT2D eigenvalue weighted by atomic mass is 10.1. The van der Waals surface area contributed by atoms with Crippen molar-refractivity contribution >= 4 is 40.5 Å². The summed E-state index contributed by atoms with van der Waals surface area (Å²) in [5.41, 5.74) is 6.14. The second-order valence-electron chi connectivity index (χ2n) is 7.15. The van der Waals surface area contributed by atoms with Crippen molar-refractivity contribution in [2.45, 2.75) is 6.42 Å². The molecule has 34 heavy (non-hydrogen) atoms. The van der Waals surface area contributed by atoms with Gasteiger partial charge in [0.15, 0.2) is 6.61 Å². The maximum Gasteiger partial charge on any atom is 0.338 e. The topological polar surface area (TPSA) is 145 Å². The molecule has 0 saturated carbocycles. The Morgan fingerprint density at radius 3 is 2.24 bits per heavy atom. The van der Waals surface area contributed by atoms with E-state index in [1.165, 1.54) is 17.0 Å². The lowest BCUT2D eigenvalue weighted by Gasteiger charge is -2.22. The minimum atomic E-state index is -0.898. The van der Waals surface area contributed by atoms with Crippen molar-refractivity contribution in [1.29, 1.82) is 0 Å². The molecular formula is C24H22N4O6. The predicted molar refractivity (Wildman–Crippen MR) is 126 cm³/mol. The highest BCUT2D eigenvalue weighted by Gasteiger charge is 2.21. The summed E-state index contributed by atoms with van der Waals surface area (Å²) in [5, 5.41) is 14.5. The molecule has 0 fully saturated rings. The number of benzene rings is 3. The molecule has 0 saturated heterocycles. The molecule has 3 N–H and O–H groups in total. The summed E-state index contributed by atoms with van der Waals surface area (Å²) in [6.45, 7) is -0.606. The van der Waals surface area contributed by atoms with E-state index in [0.717, 1.165) is 6.07 Å². The third-order valence-electron chi connectivity index (χ3n) is 4.76. The van der Waals surface area contributed by atoms with Crippen molar-refractivity contribution in [1.82, 2.24) is 0 Å². The Hall–Kier alpha value is -4.73. The molecule has 0 aliphatic carbocycles. The summed E-state index contributed by atoms with van der Waals surface area (Å²) in [5.74, 6) is -2.05. The highest BCUT2D eigenvalue weighted by atomic mass is 16.6. The van der Waals surface area contributed by atoms with Gasteiger partial charge in [0.25, 0.3) is 11.6 Å². The maximum absolute atomic E-state index is 12.7. The number of anilines is 3. The molecule has 0 unspecified atom stereocenters. The van der Waals surface area contributed by atoms with Crippen LogP contribution in [0.4, 0.5) is 22.7 Å². The normalized spacial score (nSPS) is 10.2. The molecule has 0 atom stereocenters. The number of carbonyl (C=O) groups excluding carboxylic acids is 3. The third-order valence-corrected chi connectivity index (χ3v) is 4.76. The largest absolute Gasteiger partial charge is 0.452 e. The number of nitro groups is 1. The molecule has 3 aromatic carbocycles. The van der Waals surface area contributed by atoms with Gasteiger partial charge in [0.2, 0.25) is 5.91 Å². The molecular weight excluding hydrogens is 440 g/mol. The number of hydrogen-bond donors (Lipinski definition) is 2. The van der Waals surface area contributed by atoms with Gasteiger partial charge < -0.3 is 20.7 Å². The quantitative estimate of drug-likeness (QED) is 0.267. The fourth-order valence-corrected chi connectivity index (χ4v) is 3.11. The third kappa shape index (κ3) is 6.39. The zero-order chi connectivity index (χ0) is 24.5. The van der Waals surface area contributed by atoms with Gasteiger partial charge in [-0.15, -0.1) is 0 Å². The van der Waals surface area contributed by atoms with Gasteiger partial charge in [0, 0.05) is 30.4 Å². The van der Waals surface area contributed by atoms with Gasteiger partial charge in [-0.2, -0.15) is 0 Å². The molecule has 0 radical (unpaired) electrons. The van der Waals surface area contributed by atoms with E-state index >= 15 is 0 Å². The van der Waals surface area contributed by atoms with Crippen molar-refractivity contribution in [3.63, 3.8) is 0 Å². The molecule has 3 rings (SSSR count). The van der Waals surface area contributed by atoms with Crippen LogP contribution < -0.4 is 16.0 Å². The van der Waals surface area contributed by atoms with Crippen molar-refractivity contribution in [3.8, 4) is 0 Å². The van der Waals surface area contributed by atoms with Gasteiger partial charge in [-0.05, 0) is 36.4 Å². The summed E-state index contributed by atoms with van der Waals surface area (Å²) >= 11 is 0. The van der Waals surface area contributed by atoms with E-state index in [1.54, 1.807) is 54.6 Å². The van der Waals surface area contributed by atoms with Crippen molar-refractivity contribution in [3.05, 3.63) is 94.5 Å². The maximum atomic E-state index is 12.7. The molecule has 0 aromatic heterocycles. The van der Waals surface area contributed by atoms with Crippen LogP contribution in [0.25, 0.3) is 0 Å². The molecule has 0 heterocycles. The monoisotopic (exact) mass is 462 g/mol. The zero-order valence-electron chi connectivity index (χ0n) is 18.0. The smallest absolute Gasteiger partial charge is 0.338 e. The predicted octanol–water partition coefficient (Wildman–Crippen LogP) is 3.40. The number of para-hydroxylation sites is 2. The Balaban J connectivity index is 1.71. The molecule has 3 aromatic rings. The number of nitro benzene ring substituents is 1. The first-order valence-corrected chi connectivity index (χ1v) is 10.3. The molecule has 0 aliphatic rings. The number of nitrogens with zero attached hydrogens (tertiary/aromatic N) is 2. The number of nitrogens with two attached hydrogens (primary N) is 1. The molecule has 0 aliphatic heterocycles. The fraction of sp³-hybridized carbons (Fsp3) is 0.125. The SMILES string of the molecule is NC(=O)CCN(C(=O)COC(=O)c1ccc(Nc2ccccc2)c([N+](=O)[O-])c1)c1ccccc1. The van der Waals surface area contributed by atoms with Gasteiger partial charge in [-0.25, -0.2) is 4.79 Å². The number of ether oxygens (including phenoxy) is 1. The average molecular weight is 462 g/mol. The first-order valence-electron chi connectivity index (χ1n) is 10.3. The van der Waals surface area contributed by atoms with Crippen LogP contribution in [0.1, 0.15) is 16.8 Å². The molecule has 10 nitrogen and oxygen atoms in total. The first kappa shape index (κ1) is 23.9. The standard InChI is InChI=1S/C24H22N4O6/c25-22(29)13-14-27(19-9-5-2-6-10-19)23(30)16-34-24(31)17-11-12-20(21(15-17)28(32)33)26-18-7-3-1-4-8-18/h1-12,15,26H,13-14,16H2,(H2,25,29). The summed E-state index contributed by atoms with van der Waals surface area (Å²) in [7, 11) is 0. The van der Waals surface area contributed by atoms with Gasteiger partial charge in [-0.1, -0.05) is 36.4 Å².